The van der Waals surface area contributed by atoms with Crippen molar-refractivity contribution >= 4 is 5.91 Å². The molecule has 2 saturated heterocycles. The van der Waals surface area contributed by atoms with Crippen molar-refractivity contribution in [2.75, 3.05) is 45.9 Å². The van der Waals surface area contributed by atoms with Crippen LogP contribution in [-0.2, 0) is 17.7 Å². The molecule has 34 heavy (non-hydrogen) atoms. The third kappa shape index (κ3) is 5.94. The SMILES string of the molecule is Cc1cc(=O)c(C(=O)N2CCCC(C)C2)c(Cc2cccc(F)c2)n1CCCN1CCOCC1. The van der Waals surface area contributed by atoms with Crippen LogP contribution in [0.3, 0.4) is 0 Å². The first-order valence-corrected chi connectivity index (χ1v) is 12.5. The largest absolute Gasteiger partial charge is 0.379 e. The maximum Gasteiger partial charge on any atom is 0.259 e. The molecule has 2 aliphatic heterocycles. The molecule has 0 N–H and O–H groups in total. The van der Waals surface area contributed by atoms with E-state index in [-0.39, 0.29) is 22.7 Å². The predicted octanol–water partition coefficient (Wildman–Crippen LogP) is 3.48. The van der Waals surface area contributed by atoms with Gasteiger partial charge in [0.25, 0.3) is 5.91 Å². The number of aryl methyl sites for hydroxylation is 1. The van der Waals surface area contributed by atoms with Gasteiger partial charge < -0.3 is 14.2 Å². The molecular formula is C27H36FN3O3. The van der Waals surface area contributed by atoms with E-state index in [0.717, 1.165) is 63.4 Å². The Hall–Kier alpha value is -2.51. The van der Waals surface area contributed by atoms with Crippen LogP contribution in [0.4, 0.5) is 4.39 Å². The molecule has 6 nitrogen and oxygen atoms in total. The number of ether oxygens (including phenoxy) is 1. The maximum absolute atomic E-state index is 14.0. The lowest BCUT2D eigenvalue weighted by atomic mass is 9.97. The lowest BCUT2D eigenvalue weighted by Crippen LogP contribution is -2.42. The van der Waals surface area contributed by atoms with Crippen molar-refractivity contribution in [3.63, 3.8) is 0 Å². The van der Waals surface area contributed by atoms with Crippen molar-refractivity contribution in [1.82, 2.24) is 14.4 Å². The van der Waals surface area contributed by atoms with E-state index in [1.807, 2.05) is 17.9 Å². The van der Waals surface area contributed by atoms with E-state index in [4.69, 9.17) is 4.74 Å². The van der Waals surface area contributed by atoms with E-state index in [9.17, 15) is 14.0 Å². The molecule has 184 valence electrons. The van der Waals surface area contributed by atoms with Crippen LogP contribution in [0, 0.1) is 18.7 Å². The average Bonchev–Trinajstić information content (AvgIpc) is 2.81. The maximum atomic E-state index is 14.0. The number of rotatable bonds is 7. The molecule has 3 heterocycles. The van der Waals surface area contributed by atoms with E-state index in [1.165, 1.54) is 12.1 Å². The molecule has 0 radical (unpaired) electrons. The van der Waals surface area contributed by atoms with E-state index < -0.39 is 0 Å². The first-order chi connectivity index (χ1) is 16.4. The summed E-state index contributed by atoms with van der Waals surface area (Å²) in [4.78, 5) is 31.1. The van der Waals surface area contributed by atoms with Crippen LogP contribution >= 0.6 is 0 Å². The normalized spacial score (nSPS) is 19.4. The second kappa shape index (κ2) is 11.3. The highest BCUT2D eigenvalue weighted by atomic mass is 19.1. The highest BCUT2D eigenvalue weighted by Gasteiger charge is 2.28. The van der Waals surface area contributed by atoms with Crippen LogP contribution in [0.1, 0.15) is 53.5 Å². The Morgan fingerprint density at radius 1 is 1.15 bits per heavy atom. The topological polar surface area (TPSA) is 54.8 Å². The minimum absolute atomic E-state index is 0.190. The molecule has 1 atom stereocenters. The van der Waals surface area contributed by atoms with Gasteiger partial charge in [-0.05, 0) is 49.8 Å². The Labute approximate surface area is 201 Å². The summed E-state index contributed by atoms with van der Waals surface area (Å²) in [6.07, 6.45) is 3.29. The minimum atomic E-state index is -0.316. The Bertz CT molecular complexity index is 1060. The molecule has 7 heteroatoms. The highest BCUT2D eigenvalue weighted by Crippen LogP contribution is 2.21. The van der Waals surface area contributed by atoms with E-state index >= 15 is 0 Å². The number of carbonyl (C=O) groups is 1. The molecule has 0 aliphatic carbocycles. The summed E-state index contributed by atoms with van der Waals surface area (Å²) in [7, 11) is 0. The number of hydrogen-bond donors (Lipinski definition) is 0. The molecule has 4 rings (SSSR count). The lowest BCUT2D eigenvalue weighted by Gasteiger charge is -2.32. The van der Waals surface area contributed by atoms with Crippen LogP contribution in [0.5, 0.6) is 0 Å². The van der Waals surface area contributed by atoms with Crippen LogP contribution in [0.2, 0.25) is 0 Å². The van der Waals surface area contributed by atoms with Crippen molar-refractivity contribution in [2.24, 2.45) is 5.92 Å². The molecule has 0 spiro atoms. The molecule has 2 aromatic rings. The number of piperidine rings is 1. The van der Waals surface area contributed by atoms with Gasteiger partial charge in [0.15, 0.2) is 5.43 Å². The molecule has 0 bridgehead atoms. The summed E-state index contributed by atoms with van der Waals surface area (Å²) in [6.45, 7) is 10.4. The Morgan fingerprint density at radius 2 is 1.94 bits per heavy atom. The smallest absolute Gasteiger partial charge is 0.259 e. The van der Waals surface area contributed by atoms with E-state index in [1.54, 1.807) is 12.1 Å². The Balaban J connectivity index is 1.67. The Kier molecular flexibility index (Phi) is 8.16. The summed E-state index contributed by atoms with van der Waals surface area (Å²) in [5.74, 6) is -0.0838. The third-order valence-corrected chi connectivity index (χ3v) is 7.00. The molecule has 1 aromatic carbocycles. The molecular weight excluding hydrogens is 433 g/mol. The zero-order valence-corrected chi connectivity index (χ0v) is 20.4. The number of halogens is 1. The van der Waals surface area contributed by atoms with Gasteiger partial charge in [-0.3, -0.25) is 14.5 Å². The average molecular weight is 470 g/mol. The van der Waals surface area contributed by atoms with Gasteiger partial charge in [0, 0.05) is 63.1 Å². The van der Waals surface area contributed by atoms with Crippen molar-refractivity contribution in [2.45, 2.75) is 46.1 Å². The first-order valence-electron chi connectivity index (χ1n) is 12.5. The molecule has 0 saturated carbocycles. The molecule has 1 amide bonds. The quantitative estimate of drug-likeness (QED) is 0.623. The molecule has 2 fully saturated rings. The van der Waals surface area contributed by atoms with Crippen molar-refractivity contribution in [3.8, 4) is 0 Å². The van der Waals surface area contributed by atoms with Crippen LogP contribution in [0.15, 0.2) is 35.1 Å². The second-order valence-electron chi connectivity index (χ2n) is 9.74. The number of hydrogen-bond acceptors (Lipinski definition) is 4. The number of carbonyl (C=O) groups excluding carboxylic acids is 1. The standard InChI is InChI=1S/C27H36FN3O3/c1-20-6-4-10-30(19-20)27(33)26-24(18-22-7-3-8-23(28)17-22)31(21(2)16-25(26)32)11-5-9-29-12-14-34-15-13-29/h3,7-8,16-17,20H,4-6,9-15,18-19H2,1-2H3. The number of likely N-dealkylation sites (tertiary alicyclic amines) is 1. The van der Waals surface area contributed by atoms with Gasteiger partial charge in [-0.1, -0.05) is 19.1 Å². The summed E-state index contributed by atoms with van der Waals surface area (Å²) < 4.78 is 21.5. The summed E-state index contributed by atoms with van der Waals surface area (Å²) in [5, 5.41) is 0. The van der Waals surface area contributed by atoms with Gasteiger partial charge >= 0.3 is 0 Å². The van der Waals surface area contributed by atoms with Gasteiger partial charge in [0.1, 0.15) is 11.4 Å². The van der Waals surface area contributed by atoms with E-state index in [0.29, 0.717) is 37.7 Å². The fraction of sp³-hybridized carbons (Fsp3) is 0.556. The van der Waals surface area contributed by atoms with Gasteiger partial charge in [-0.15, -0.1) is 0 Å². The van der Waals surface area contributed by atoms with E-state index in [2.05, 4.69) is 16.4 Å². The minimum Gasteiger partial charge on any atom is -0.379 e. The summed E-state index contributed by atoms with van der Waals surface area (Å²) in [6, 6.07) is 8.02. The number of morpholine rings is 1. The monoisotopic (exact) mass is 469 g/mol. The number of amides is 1. The highest BCUT2D eigenvalue weighted by molar-refractivity contribution is 5.95. The molecule has 2 aliphatic rings. The van der Waals surface area contributed by atoms with Crippen molar-refractivity contribution < 1.29 is 13.9 Å². The Morgan fingerprint density at radius 3 is 2.68 bits per heavy atom. The fourth-order valence-electron chi connectivity index (χ4n) is 5.20. The third-order valence-electron chi connectivity index (χ3n) is 7.00. The van der Waals surface area contributed by atoms with Gasteiger partial charge in [0.2, 0.25) is 0 Å². The van der Waals surface area contributed by atoms with Crippen molar-refractivity contribution in [3.05, 3.63) is 68.9 Å². The fourth-order valence-corrected chi connectivity index (χ4v) is 5.20. The number of aromatic nitrogens is 1. The zero-order chi connectivity index (χ0) is 24.1. The zero-order valence-electron chi connectivity index (χ0n) is 20.4. The van der Waals surface area contributed by atoms with Crippen LogP contribution in [0.25, 0.3) is 0 Å². The number of benzene rings is 1. The molecule has 1 unspecified atom stereocenters. The summed E-state index contributed by atoms with van der Waals surface area (Å²) >= 11 is 0. The second-order valence-corrected chi connectivity index (χ2v) is 9.74. The van der Waals surface area contributed by atoms with Gasteiger partial charge in [0.05, 0.1) is 13.2 Å². The van der Waals surface area contributed by atoms with Crippen LogP contribution < -0.4 is 5.43 Å². The van der Waals surface area contributed by atoms with Crippen LogP contribution in [-0.4, -0.2) is 66.2 Å². The lowest BCUT2D eigenvalue weighted by molar-refractivity contribution is 0.0369. The van der Waals surface area contributed by atoms with Gasteiger partial charge in [-0.2, -0.15) is 0 Å². The summed E-state index contributed by atoms with van der Waals surface area (Å²) in [5.41, 5.74) is 2.29. The van der Waals surface area contributed by atoms with Gasteiger partial charge in [-0.25, -0.2) is 4.39 Å². The van der Waals surface area contributed by atoms with Crippen molar-refractivity contribution in [1.29, 1.82) is 0 Å². The molecule has 1 aromatic heterocycles. The first kappa shape index (κ1) is 24.6. The predicted molar refractivity (Wildman–Crippen MR) is 131 cm³/mol. The number of nitrogens with zero attached hydrogens (tertiary/aromatic N) is 3. The number of pyridine rings is 1.